The first kappa shape index (κ1) is 37.9. The van der Waals surface area contributed by atoms with E-state index in [1.807, 2.05) is 0 Å². The van der Waals surface area contributed by atoms with Crippen LogP contribution in [0.25, 0.3) is 12.2 Å². The van der Waals surface area contributed by atoms with Crippen molar-refractivity contribution in [3.05, 3.63) is 59.7 Å². The summed E-state index contributed by atoms with van der Waals surface area (Å²) >= 11 is 0. The van der Waals surface area contributed by atoms with Crippen LogP contribution < -0.4 is 18.9 Å². The molecule has 2 aliphatic rings. The molecule has 16 heteroatoms. The average Bonchev–Trinajstić information content (AvgIpc) is 3.10. The Morgan fingerprint density at radius 2 is 1.02 bits per heavy atom. The van der Waals surface area contributed by atoms with Gasteiger partial charge in [0.05, 0.1) is 33.9 Å². The third-order valence-corrected chi connectivity index (χ3v) is 7.86. The van der Waals surface area contributed by atoms with Crippen molar-refractivity contribution in [1.82, 2.24) is 0 Å². The maximum Gasteiger partial charge on any atom is 0.229 e. The molecule has 2 fully saturated rings. The molecule has 0 saturated carbocycles. The number of aliphatic hydroxyl groups is 8. The van der Waals surface area contributed by atoms with Crippen LogP contribution in [-0.2, 0) is 19.1 Å². The number of hydrogen-bond donors (Lipinski definition) is 8. The second-order valence-corrected chi connectivity index (χ2v) is 11.2. The van der Waals surface area contributed by atoms with Gasteiger partial charge in [-0.1, -0.05) is 0 Å². The fourth-order valence-corrected chi connectivity index (χ4v) is 5.06. The van der Waals surface area contributed by atoms with Crippen molar-refractivity contribution < 1.29 is 78.9 Å². The van der Waals surface area contributed by atoms with Crippen molar-refractivity contribution in [3.63, 3.8) is 0 Å². The van der Waals surface area contributed by atoms with E-state index in [1.165, 1.54) is 62.8 Å². The van der Waals surface area contributed by atoms with E-state index in [4.69, 9.17) is 28.4 Å². The molecule has 2 aliphatic heterocycles. The molecule has 10 atom stereocenters. The predicted molar refractivity (Wildman–Crippen MR) is 167 cm³/mol. The lowest BCUT2D eigenvalue weighted by Gasteiger charge is -2.39. The molecule has 0 amide bonds. The van der Waals surface area contributed by atoms with Crippen LogP contribution >= 0.6 is 0 Å². The highest BCUT2D eigenvalue weighted by atomic mass is 16.7. The first-order valence-electron chi connectivity index (χ1n) is 15.1. The van der Waals surface area contributed by atoms with Crippen LogP contribution in [0.3, 0.4) is 0 Å². The second-order valence-electron chi connectivity index (χ2n) is 11.2. The zero-order valence-electron chi connectivity index (χ0n) is 26.5. The summed E-state index contributed by atoms with van der Waals surface area (Å²) in [6.07, 6.45) is -9.76. The first-order valence-corrected chi connectivity index (χ1v) is 15.1. The van der Waals surface area contributed by atoms with Crippen LogP contribution in [0.4, 0.5) is 0 Å². The van der Waals surface area contributed by atoms with Crippen LogP contribution in [0, 0.1) is 0 Å². The second kappa shape index (κ2) is 17.1. The number of ketones is 2. The summed E-state index contributed by atoms with van der Waals surface area (Å²) < 4.78 is 32.6. The summed E-state index contributed by atoms with van der Waals surface area (Å²) in [6.45, 7) is -1.23. The van der Waals surface area contributed by atoms with Crippen LogP contribution in [0.5, 0.6) is 23.0 Å². The Morgan fingerprint density at radius 3 is 1.37 bits per heavy atom. The van der Waals surface area contributed by atoms with E-state index in [0.29, 0.717) is 11.1 Å². The van der Waals surface area contributed by atoms with Crippen molar-refractivity contribution in [1.29, 1.82) is 0 Å². The zero-order chi connectivity index (χ0) is 35.8. The van der Waals surface area contributed by atoms with E-state index < -0.39 is 92.6 Å². The minimum absolute atomic E-state index is 0.161. The molecule has 0 bridgehead atoms. The molecule has 2 aromatic carbocycles. The number of benzene rings is 2. The molecule has 2 heterocycles. The molecule has 16 nitrogen and oxygen atoms in total. The molecule has 0 aromatic heterocycles. The molecule has 0 spiro atoms. The summed E-state index contributed by atoms with van der Waals surface area (Å²) in [5.41, 5.74) is 0.909. The first-order chi connectivity index (χ1) is 23.4. The third-order valence-electron chi connectivity index (χ3n) is 7.86. The van der Waals surface area contributed by atoms with Crippen LogP contribution in [-0.4, -0.2) is 141 Å². The summed E-state index contributed by atoms with van der Waals surface area (Å²) in [6, 6.07) is 8.92. The summed E-state index contributed by atoms with van der Waals surface area (Å²) in [5.74, 6) is -0.156. The number of carbonyl (C=O) groups is 2. The van der Waals surface area contributed by atoms with E-state index in [1.54, 1.807) is 12.1 Å². The van der Waals surface area contributed by atoms with Crippen molar-refractivity contribution in [2.45, 2.75) is 67.8 Å². The van der Waals surface area contributed by atoms with Gasteiger partial charge in [-0.15, -0.1) is 0 Å². The van der Waals surface area contributed by atoms with Crippen molar-refractivity contribution in [2.24, 2.45) is 0 Å². The Balaban J connectivity index is 1.34. The average molecular weight is 693 g/mol. The third kappa shape index (κ3) is 9.20. The number of methoxy groups -OCH3 is 2. The maximum absolute atomic E-state index is 12.6. The molecule has 49 heavy (non-hydrogen) atoms. The minimum atomic E-state index is -1.61. The highest BCUT2D eigenvalue weighted by Gasteiger charge is 2.45. The maximum atomic E-state index is 12.6. The molecule has 8 N–H and O–H groups in total. The van der Waals surface area contributed by atoms with E-state index in [-0.39, 0.29) is 23.0 Å². The summed E-state index contributed by atoms with van der Waals surface area (Å²) in [7, 11) is 2.76. The van der Waals surface area contributed by atoms with Gasteiger partial charge in [0.15, 0.2) is 11.6 Å². The SMILES string of the molecule is COc1cc(O[C@@H]2O[C@H](CO)[C@@H](O)[C@H](O)[C@H]2O)ccc1/C=C/C(=O)CC(=O)/C=C/c1ccc(O[C@@H]2O[C@H](CO)[C@@H](O)[C@H](O)[C@H]2O)cc1OC. The Labute approximate surface area is 280 Å². The molecule has 0 radical (unpaired) electrons. The predicted octanol–water partition coefficient (Wildman–Crippen LogP) is -1.68. The highest BCUT2D eigenvalue weighted by molar-refractivity contribution is 6.11. The Hall–Kier alpha value is -3.94. The van der Waals surface area contributed by atoms with Gasteiger partial charge in [-0.2, -0.15) is 0 Å². The van der Waals surface area contributed by atoms with E-state index >= 15 is 0 Å². The lowest BCUT2D eigenvalue weighted by molar-refractivity contribution is -0.277. The Bertz CT molecular complexity index is 1380. The van der Waals surface area contributed by atoms with Gasteiger partial charge >= 0.3 is 0 Å². The standard InChI is InChI=1S/C33H40O16/c1-44-22-12-20(46-32-30(42)28(40)26(38)24(14-34)48-32)9-5-16(22)3-7-18(36)11-19(37)8-4-17-6-10-21(13-23(17)45-2)47-33-31(43)29(41)27(39)25(15-35)49-33/h3-10,12-13,24-35,38-43H,11,14-15H2,1-2H3/b7-3+,8-4+/t24-,25-,26-,27-,28+,29+,30-,31-,32-,33-/m1/s1. The van der Waals surface area contributed by atoms with E-state index in [2.05, 4.69) is 0 Å². The fraction of sp³-hybridized carbons (Fsp3) is 0.455. The van der Waals surface area contributed by atoms with Crippen LogP contribution in [0.15, 0.2) is 48.6 Å². The number of carbonyl (C=O) groups excluding carboxylic acids is 2. The van der Waals surface area contributed by atoms with Gasteiger partial charge in [-0.3, -0.25) is 9.59 Å². The lowest BCUT2D eigenvalue weighted by atomic mass is 9.99. The van der Waals surface area contributed by atoms with Crippen molar-refractivity contribution in [3.8, 4) is 23.0 Å². The van der Waals surface area contributed by atoms with Gasteiger partial charge < -0.3 is 69.3 Å². The van der Waals surface area contributed by atoms with Crippen LogP contribution in [0.1, 0.15) is 17.5 Å². The fourth-order valence-electron chi connectivity index (χ4n) is 5.06. The summed E-state index contributed by atoms with van der Waals surface area (Å²) in [4.78, 5) is 25.1. The van der Waals surface area contributed by atoms with Gasteiger partial charge in [0.2, 0.25) is 12.6 Å². The number of ether oxygens (including phenoxy) is 6. The lowest BCUT2D eigenvalue weighted by Crippen LogP contribution is -2.60. The van der Waals surface area contributed by atoms with Gasteiger partial charge in [-0.25, -0.2) is 0 Å². The molecule has 0 unspecified atom stereocenters. The molecule has 4 rings (SSSR count). The molecule has 2 aromatic rings. The van der Waals surface area contributed by atoms with Gasteiger partial charge in [0, 0.05) is 23.3 Å². The number of allylic oxidation sites excluding steroid dienone is 2. The van der Waals surface area contributed by atoms with E-state index in [9.17, 15) is 50.4 Å². The Kier molecular flexibility index (Phi) is 13.2. The highest BCUT2D eigenvalue weighted by Crippen LogP contribution is 2.31. The van der Waals surface area contributed by atoms with E-state index in [0.717, 1.165) is 0 Å². The number of hydrogen-bond acceptors (Lipinski definition) is 16. The quantitative estimate of drug-likeness (QED) is 0.0813. The zero-order valence-corrected chi connectivity index (χ0v) is 26.5. The topological polar surface area (TPSA) is 251 Å². The summed E-state index contributed by atoms with van der Waals surface area (Å²) in [5, 5.41) is 79.0. The van der Waals surface area contributed by atoms with Gasteiger partial charge in [0.1, 0.15) is 71.8 Å². The Morgan fingerprint density at radius 1 is 0.633 bits per heavy atom. The minimum Gasteiger partial charge on any atom is -0.496 e. The van der Waals surface area contributed by atoms with Crippen molar-refractivity contribution >= 4 is 23.7 Å². The molecular weight excluding hydrogens is 652 g/mol. The largest absolute Gasteiger partial charge is 0.496 e. The number of rotatable bonds is 14. The van der Waals surface area contributed by atoms with Gasteiger partial charge in [-0.05, 0) is 48.6 Å². The normalized spacial score (nSPS) is 30.3. The monoisotopic (exact) mass is 692 g/mol. The van der Waals surface area contributed by atoms with Crippen LogP contribution in [0.2, 0.25) is 0 Å². The molecule has 2 saturated heterocycles. The smallest absolute Gasteiger partial charge is 0.229 e. The van der Waals surface area contributed by atoms with Gasteiger partial charge in [0.25, 0.3) is 0 Å². The molecular formula is C33H40O16. The molecule has 0 aliphatic carbocycles. The van der Waals surface area contributed by atoms with Crippen molar-refractivity contribution in [2.75, 3.05) is 27.4 Å². The number of aliphatic hydroxyl groups excluding tert-OH is 8. The molecule has 268 valence electrons.